The summed E-state index contributed by atoms with van der Waals surface area (Å²) in [6.45, 7) is 8.59. The van der Waals surface area contributed by atoms with E-state index in [9.17, 15) is 14.7 Å². The number of rotatable bonds is 6. The molecule has 0 aliphatic heterocycles. The molecule has 0 heterocycles. The summed E-state index contributed by atoms with van der Waals surface area (Å²) < 4.78 is 10.3. The lowest BCUT2D eigenvalue weighted by Crippen LogP contribution is -2.41. The third-order valence-electron chi connectivity index (χ3n) is 3.39. The van der Waals surface area contributed by atoms with Gasteiger partial charge in [-0.3, -0.25) is 4.79 Å². The van der Waals surface area contributed by atoms with Crippen LogP contribution in [0.1, 0.15) is 48.7 Å². The first kappa shape index (κ1) is 20.1. The van der Waals surface area contributed by atoms with Crippen molar-refractivity contribution in [2.45, 2.75) is 58.8 Å². The average Bonchev–Trinajstić information content (AvgIpc) is 2.42. The standard InChI is InChI=1S/C18H27NO5/c1-11-7-6-8-12(2)16(11)17(22)23-10-14(20)13(19)9-15(21)24-18(3,4)5/h6-8,13-14,20H,9-10,19H2,1-5H3/t13-,14?/m0/s1. The number of hydrogen-bond acceptors (Lipinski definition) is 6. The van der Waals surface area contributed by atoms with Crippen molar-refractivity contribution in [3.63, 3.8) is 0 Å². The summed E-state index contributed by atoms with van der Waals surface area (Å²) >= 11 is 0. The molecule has 1 rings (SSSR count). The minimum absolute atomic E-state index is 0.153. The van der Waals surface area contributed by atoms with Crippen LogP contribution in [-0.4, -0.2) is 41.4 Å². The highest BCUT2D eigenvalue weighted by atomic mass is 16.6. The van der Waals surface area contributed by atoms with Gasteiger partial charge in [0, 0.05) is 6.04 Å². The van der Waals surface area contributed by atoms with Gasteiger partial charge >= 0.3 is 11.9 Å². The molecular formula is C18H27NO5. The molecule has 0 aliphatic carbocycles. The second-order valence-corrected chi connectivity index (χ2v) is 6.89. The second kappa shape index (κ2) is 8.26. The van der Waals surface area contributed by atoms with E-state index in [1.54, 1.807) is 20.8 Å². The van der Waals surface area contributed by atoms with Gasteiger partial charge in [0.15, 0.2) is 0 Å². The number of benzene rings is 1. The molecule has 2 atom stereocenters. The van der Waals surface area contributed by atoms with E-state index in [2.05, 4.69) is 0 Å². The fraction of sp³-hybridized carbons (Fsp3) is 0.556. The van der Waals surface area contributed by atoms with Crippen molar-refractivity contribution in [1.82, 2.24) is 0 Å². The minimum atomic E-state index is -1.15. The predicted octanol–water partition coefficient (Wildman–Crippen LogP) is 1.88. The van der Waals surface area contributed by atoms with Crippen LogP contribution in [0, 0.1) is 13.8 Å². The Morgan fingerprint density at radius 1 is 1.21 bits per heavy atom. The van der Waals surface area contributed by atoms with E-state index in [4.69, 9.17) is 15.2 Å². The summed E-state index contributed by atoms with van der Waals surface area (Å²) in [5.41, 5.74) is 7.24. The summed E-state index contributed by atoms with van der Waals surface area (Å²) in [4.78, 5) is 23.9. The Bertz CT molecular complexity index is 571. The van der Waals surface area contributed by atoms with Gasteiger partial charge in [-0.05, 0) is 45.7 Å². The van der Waals surface area contributed by atoms with Crippen molar-refractivity contribution in [3.8, 4) is 0 Å². The highest BCUT2D eigenvalue weighted by Gasteiger charge is 2.24. The van der Waals surface area contributed by atoms with Crippen LogP contribution in [0.4, 0.5) is 0 Å². The Hall–Kier alpha value is -1.92. The van der Waals surface area contributed by atoms with Crippen molar-refractivity contribution in [2.24, 2.45) is 5.73 Å². The molecule has 6 heteroatoms. The average molecular weight is 337 g/mol. The predicted molar refractivity (Wildman–Crippen MR) is 90.6 cm³/mol. The summed E-state index contributed by atoms with van der Waals surface area (Å²) in [5.74, 6) is -1.02. The van der Waals surface area contributed by atoms with E-state index >= 15 is 0 Å². The molecular weight excluding hydrogens is 310 g/mol. The molecule has 24 heavy (non-hydrogen) atoms. The first-order valence-electron chi connectivity index (χ1n) is 7.90. The first-order chi connectivity index (χ1) is 11.0. The third kappa shape index (κ3) is 6.29. The van der Waals surface area contributed by atoms with Crippen LogP contribution in [0.15, 0.2) is 18.2 Å². The zero-order valence-electron chi connectivity index (χ0n) is 15.0. The molecule has 1 aromatic carbocycles. The molecule has 6 nitrogen and oxygen atoms in total. The molecule has 0 aliphatic rings. The zero-order chi connectivity index (χ0) is 18.5. The topological polar surface area (TPSA) is 98.9 Å². The summed E-state index contributed by atoms with van der Waals surface area (Å²) in [6, 6.07) is 4.61. The molecule has 0 fully saturated rings. The molecule has 0 bridgehead atoms. The van der Waals surface area contributed by atoms with Crippen molar-refractivity contribution >= 4 is 11.9 Å². The SMILES string of the molecule is Cc1cccc(C)c1C(=O)OCC(O)[C@@H](N)CC(=O)OC(C)(C)C. The first-order valence-corrected chi connectivity index (χ1v) is 7.90. The molecule has 0 amide bonds. The highest BCUT2D eigenvalue weighted by Crippen LogP contribution is 2.15. The Morgan fingerprint density at radius 3 is 2.25 bits per heavy atom. The van der Waals surface area contributed by atoms with Gasteiger partial charge in [0.2, 0.25) is 0 Å². The Balaban J connectivity index is 2.54. The van der Waals surface area contributed by atoms with Gasteiger partial charge in [0.25, 0.3) is 0 Å². The third-order valence-corrected chi connectivity index (χ3v) is 3.39. The number of aliphatic hydroxyl groups is 1. The van der Waals surface area contributed by atoms with Gasteiger partial charge in [-0.2, -0.15) is 0 Å². The maximum Gasteiger partial charge on any atom is 0.338 e. The number of carbonyl (C=O) groups excluding carboxylic acids is 2. The molecule has 0 aromatic heterocycles. The van der Waals surface area contributed by atoms with Gasteiger partial charge in [-0.25, -0.2) is 4.79 Å². The zero-order valence-corrected chi connectivity index (χ0v) is 15.0. The number of ether oxygens (including phenoxy) is 2. The van der Waals surface area contributed by atoms with Crippen molar-refractivity contribution in [3.05, 3.63) is 34.9 Å². The van der Waals surface area contributed by atoms with Crippen LogP contribution in [-0.2, 0) is 14.3 Å². The van der Waals surface area contributed by atoms with Crippen molar-refractivity contribution in [2.75, 3.05) is 6.61 Å². The number of carbonyl (C=O) groups is 2. The Kier molecular flexibility index (Phi) is 6.93. The van der Waals surface area contributed by atoms with Crippen molar-refractivity contribution < 1.29 is 24.2 Å². The van der Waals surface area contributed by atoms with E-state index in [0.29, 0.717) is 5.56 Å². The monoisotopic (exact) mass is 337 g/mol. The van der Waals surface area contributed by atoms with Crippen molar-refractivity contribution in [1.29, 1.82) is 0 Å². The lowest BCUT2D eigenvalue weighted by atomic mass is 10.0. The molecule has 134 valence electrons. The van der Waals surface area contributed by atoms with E-state index in [-0.39, 0.29) is 13.0 Å². The largest absolute Gasteiger partial charge is 0.460 e. The lowest BCUT2D eigenvalue weighted by molar-refractivity contribution is -0.156. The van der Waals surface area contributed by atoms with Crippen LogP contribution in [0.3, 0.4) is 0 Å². The molecule has 0 saturated carbocycles. The van der Waals surface area contributed by atoms with Crippen LogP contribution in [0.25, 0.3) is 0 Å². The number of nitrogens with two attached hydrogens (primary N) is 1. The molecule has 3 N–H and O–H groups in total. The maximum absolute atomic E-state index is 12.2. The quantitative estimate of drug-likeness (QED) is 0.769. The second-order valence-electron chi connectivity index (χ2n) is 6.89. The van der Waals surface area contributed by atoms with Gasteiger partial charge in [0.1, 0.15) is 18.3 Å². The Morgan fingerprint density at radius 2 is 1.75 bits per heavy atom. The maximum atomic E-state index is 12.2. The smallest absolute Gasteiger partial charge is 0.338 e. The summed E-state index contributed by atoms with van der Waals surface area (Å²) in [6.07, 6.45) is -1.30. The normalized spacial score (nSPS) is 14.0. The molecule has 0 radical (unpaired) electrons. The number of hydrogen-bond donors (Lipinski definition) is 2. The number of esters is 2. The van der Waals surface area contributed by atoms with Crippen LogP contribution < -0.4 is 5.73 Å². The van der Waals surface area contributed by atoms with Crippen LogP contribution in [0.2, 0.25) is 0 Å². The molecule has 0 spiro atoms. The molecule has 1 unspecified atom stereocenters. The minimum Gasteiger partial charge on any atom is -0.460 e. The van der Waals surface area contributed by atoms with Crippen LogP contribution >= 0.6 is 0 Å². The number of aliphatic hydroxyl groups excluding tert-OH is 1. The summed E-state index contributed by atoms with van der Waals surface area (Å²) in [7, 11) is 0. The fourth-order valence-corrected chi connectivity index (χ4v) is 2.20. The van der Waals surface area contributed by atoms with Gasteiger partial charge in [-0.1, -0.05) is 18.2 Å². The number of aryl methyl sites for hydroxylation is 2. The fourth-order valence-electron chi connectivity index (χ4n) is 2.20. The van der Waals surface area contributed by atoms with E-state index in [1.165, 1.54) is 0 Å². The van der Waals surface area contributed by atoms with E-state index < -0.39 is 29.7 Å². The van der Waals surface area contributed by atoms with E-state index in [1.807, 2.05) is 32.0 Å². The summed E-state index contributed by atoms with van der Waals surface area (Å²) in [5, 5.41) is 9.99. The molecule has 0 saturated heterocycles. The lowest BCUT2D eigenvalue weighted by Gasteiger charge is -2.23. The van der Waals surface area contributed by atoms with E-state index in [0.717, 1.165) is 11.1 Å². The molecule has 1 aromatic rings. The highest BCUT2D eigenvalue weighted by molar-refractivity contribution is 5.92. The van der Waals surface area contributed by atoms with Gasteiger partial charge in [0.05, 0.1) is 12.0 Å². The van der Waals surface area contributed by atoms with Gasteiger partial charge < -0.3 is 20.3 Å². The Labute approximate surface area is 142 Å². The van der Waals surface area contributed by atoms with Crippen LogP contribution in [0.5, 0.6) is 0 Å². The van der Waals surface area contributed by atoms with Gasteiger partial charge in [-0.15, -0.1) is 0 Å².